The molecule has 4 aromatic rings. The van der Waals surface area contributed by atoms with Crippen molar-refractivity contribution >= 4 is 39.3 Å². The fourth-order valence-electron chi connectivity index (χ4n) is 5.43. The molecule has 0 aliphatic heterocycles. The van der Waals surface area contributed by atoms with Crippen molar-refractivity contribution in [3.05, 3.63) is 122 Å². The molecule has 1 N–H and O–H groups in total. The number of allylic oxidation sites excluding steroid dienone is 3. The lowest BCUT2D eigenvalue weighted by atomic mass is 9.89. The van der Waals surface area contributed by atoms with Crippen molar-refractivity contribution in [1.82, 2.24) is 9.88 Å². The maximum Gasteiger partial charge on any atom is 0.261 e. The van der Waals surface area contributed by atoms with Crippen LogP contribution in [0.15, 0.2) is 100 Å². The number of aromatic nitrogens is 1. The van der Waals surface area contributed by atoms with Gasteiger partial charge in [-0.05, 0) is 46.9 Å². The molecule has 0 fully saturated rings. The van der Waals surface area contributed by atoms with Crippen LogP contribution < -0.4 is 16.4 Å². The molecule has 0 atom stereocenters. The lowest BCUT2D eigenvalue weighted by molar-refractivity contribution is -0.117. The molecule has 0 bridgehead atoms. The monoisotopic (exact) mass is 608 g/mol. The molecule has 1 amide bonds. The predicted molar refractivity (Wildman–Crippen MR) is 175 cm³/mol. The van der Waals surface area contributed by atoms with Gasteiger partial charge in [-0.1, -0.05) is 72.8 Å². The maximum atomic E-state index is 13.2. The molecule has 1 aliphatic rings. The summed E-state index contributed by atoms with van der Waals surface area (Å²) in [6.45, 7) is 2.35. The highest BCUT2D eigenvalue weighted by Gasteiger charge is 2.19. The average Bonchev–Trinajstić information content (AvgIpc) is 3.17. The number of nitrogens with zero attached hydrogens (tertiary/aromatic N) is 1. The zero-order valence-electron chi connectivity index (χ0n) is 25.0. The molecular weight excluding hydrogens is 572 g/mol. The van der Waals surface area contributed by atoms with Gasteiger partial charge in [-0.3, -0.25) is 23.7 Å². The maximum absolute atomic E-state index is 13.2. The number of benzene rings is 3. The number of hydrogen-bond donors (Lipinski definition) is 1. The van der Waals surface area contributed by atoms with Crippen LogP contribution in [0.5, 0.6) is 0 Å². The van der Waals surface area contributed by atoms with E-state index in [1.807, 2.05) is 48.6 Å². The molecule has 0 saturated heterocycles. The van der Waals surface area contributed by atoms with Gasteiger partial charge in [-0.15, -0.1) is 0 Å². The van der Waals surface area contributed by atoms with Crippen LogP contribution in [-0.4, -0.2) is 62.9 Å². The van der Waals surface area contributed by atoms with Crippen molar-refractivity contribution in [1.29, 1.82) is 0 Å². The molecular formula is C36H36N2O7. The fraction of sp³-hybridized carbons (Fsp3) is 0.278. The summed E-state index contributed by atoms with van der Waals surface area (Å²) in [7, 11) is 0. The van der Waals surface area contributed by atoms with E-state index in [-0.39, 0.29) is 30.2 Å². The van der Waals surface area contributed by atoms with Crippen LogP contribution in [0.4, 0.5) is 0 Å². The normalized spacial score (nSPS) is 13.0. The minimum absolute atomic E-state index is 0.132. The van der Waals surface area contributed by atoms with Gasteiger partial charge in [0.1, 0.15) is 0 Å². The highest BCUT2D eigenvalue weighted by molar-refractivity contribution is 6.06. The van der Waals surface area contributed by atoms with Crippen LogP contribution in [0.2, 0.25) is 0 Å². The molecule has 1 heterocycles. The fourth-order valence-corrected chi connectivity index (χ4v) is 5.43. The summed E-state index contributed by atoms with van der Waals surface area (Å²) in [4.78, 5) is 50.8. The Balaban J connectivity index is 1.00. The first-order chi connectivity index (χ1) is 22.1. The smallest absolute Gasteiger partial charge is 0.261 e. The van der Waals surface area contributed by atoms with Gasteiger partial charge in [0.2, 0.25) is 5.91 Å². The standard InChI is InChI=1S/C36H36N2O7/c39-25-26-9-1-2-10-27(26)28-11-3-6-14-31(28)34(40)37-17-19-43-21-23-45-24-22-44-20-18-38-35(41)32-15-7-4-12-29(32)30-13-5-8-16-33(30)36(38)42/h1-5,7-13,15-16,25H,6,14,17-24H2,(H,37,40). The topological polar surface area (TPSA) is 113 Å². The Morgan fingerprint density at radius 1 is 0.733 bits per heavy atom. The second-order valence-electron chi connectivity index (χ2n) is 10.5. The van der Waals surface area contributed by atoms with E-state index in [2.05, 4.69) is 5.32 Å². The van der Waals surface area contributed by atoms with Gasteiger partial charge in [0.25, 0.3) is 11.1 Å². The number of fused-ring (bicyclic) bond motifs is 3. The van der Waals surface area contributed by atoms with Crippen LogP contribution in [0.1, 0.15) is 28.8 Å². The van der Waals surface area contributed by atoms with Crippen molar-refractivity contribution < 1.29 is 23.8 Å². The van der Waals surface area contributed by atoms with E-state index in [0.717, 1.165) is 34.6 Å². The van der Waals surface area contributed by atoms with E-state index in [0.29, 0.717) is 67.9 Å². The average molecular weight is 609 g/mol. The van der Waals surface area contributed by atoms with Crippen molar-refractivity contribution in [3.63, 3.8) is 0 Å². The summed E-state index contributed by atoms with van der Waals surface area (Å²) in [5.41, 5.74) is 2.07. The molecule has 5 rings (SSSR count). The van der Waals surface area contributed by atoms with Gasteiger partial charge in [-0.25, -0.2) is 0 Å². The summed E-state index contributed by atoms with van der Waals surface area (Å²) in [6, 6.07) is 21.8. The number of aldehydes is 1. The van der Waals surface area contributed by atoms with E-state index in [4.69, 9.17) is 14.2 Å². The molecule has 232 valence electrons. The molecule has 1 aliphatic carbocycles. The quantitative estimate of drug-likeness (QED) is 0.158. The Bertz CT molecular complexity index is 1790. The lowest BCUT2D eigenvalue weighted by Gasteiger charge is -2.17. The first kappa shape index (κ1) is 31.7. The zero-order chi connectivity index (χ0) is 31.4. The zero-order valence-corrected chi connectivity index (χ0v) is 25.0. The first-order valence-corrected chi connectivity index (χ1v) is 15.1. The molecule has 1 aromatic heterocycles. The number of amides is 1. The minimum atomic E-state index is -0.337. The number of carbonyl (C=O) groups excluding carboxylic acids is 2. The molecule has 45 heavy (non-hydrogen) atoms. The molecule has 0 radical (unpaired) electrons. The molecule has 0 saturated carbocycles. The summed E-state index contributed by atoms with van der Waals surface area (Å²) >= 11 is 0. The molecule has 3 aromatic carbocycles. The molecule has 9 nitrogen and oxygen atoms in total. The number of rotatable bonds is 15. The summed E-state index contributed by atoms with van der Waals surface area (Å²) in [6.07, 6.45) is 6.10. The van der Waals surface area contributed by atoms with E-state index >= 15 is 0 Å². The summed E-state index contributed by atoms with van der Waals surface area (Å²) in [5.74, 6) is -0.163. The third-order valence-electron chi connectivity index (χ3n) is 7.65. The number of nitrogens with one attached hydrogen (secondary N) is 1. The Kier molecular flexibility index (Phi) is 11.2. The third kappa shape index (κ3) is 7.69. The Labute approximate surface area is 260 Å². The number of carbonyl (C=O) groups is 2. The molecule has 0 unspecified atom stereocenters. The summed E-state index contributed by atoms with van der Waals surface area (Å²) in [5, 5.41) is 5.39. The van der Waals surface area contributed by atoms with Gasteiger partial charge >= 0.3 is 0 Å². The largest absolute Gasteiger partial charge is 0.377 e. The van der Waals surface area contributed by atoms with E-state index in [9.17, 15) is 19.2 Å². The lowest BCUT2D eigenvalue weighted by Crippen LogP contribution is -2.32. The Morgan fingerprint density at radius 2 is 1.29 bits per heavy atom. The van der Waals surface area contributed by atoms with Crippen LogP contribution in [0.3, 0.4) is 0 Å². The van der Waals surface area contributed by atoms with Crippen LogP contribution in [-0.2, 0) is 25.5 Å². The van der Waals surface area contributed by atoms with Crippen LogP contribution >= 0.6 is 0 Å². The highest BCUT2D eigenvalue weighted by atomic mass is 16.5. The number of hydrogen-bond acceptors (Lipinski definition) is 7. The van der Waals surface area contributed by atoms with Crippen LogP contribution in [0, 0.1) is 0 Å². The van der Waals surface area contributed by atoms with Crippen molar-refractivity contribution in [2.75, 3.05) is 46.2 Å². The van der Waals surface area contributed by atoms with E-state index in [1.54, 1.807) is 36.4 Å². The number of ether oxygens (including phenoxy) is 3. The third-order valence-corrected chi connectivity index (χ3v) is 7.65. The van der Waals surface area contributed by atoms with Gasteiger partial charge in [0.05, 0.1) is 46.2 Å². The molecule has 0 spiro atoms. The summed E-state index contributed by atoms with van der Waals surface area (Å²) < 4.78 is 18.0. The Hall–Kier alpha value is -4.70. The SMILES string of the molecule is O=Cc1ccccc1C1=C(C(=O)NCCOCCOCCOCCn2c(=O)c3ccccc3c3ccccc3c2=O)CCC=C1. The van der Waals surface area contributed by atoms with Crippen LogP contribution in [0.25, 0.3) is 27.1 Å². The van der Waals surface area contributed by atoms with Gasteiger partial charge < -0.3 is 19.5 Å². The second kappa shape index (κ2) is 15.9. The van der Waals surface area contributed by atoms with Gasteiger partial charge in [-0.2, -0.15) is 0 Å². The molecule has 9 heteroatoms. The highest BCUT2D eigenvalue weighted by Crippen LogP contribution is 2.29. The van der Waals surface area contributed by atoms with E-state index in [1.165, 1.54) is 4.57 Å². The second-order valence-corrected chi connectivity index (χ2v) is 10.5. The minimum Gasteiger partial charge on any atom is -0.377 e. The Morgan fingerprint density at radius 3 is 1.93 bits per heavy atom. The van der Waals surface area contributed by atoms with Gasteiger partial charge in [0.15, 0.2) is 6.29 Å². The van der Waals surface area contributed by atoms with Gasteiger partial charge in [0, 0.05) is 28.5 Å². The van der Waals surface area contributed by atoms with Crippen molar-refractivity contribution in [3.8, 4) is 0 Å². The van der Waals surface area contributed by atoms with E-state index < -0.39 is 0 Å². The first-order valence-electron chi connectivity index (χ1n) is 15.1. The predicted octanol–water partition coefficient (Wildman–Crippen LogP) is 4.30. The van der Waals surface area contributed by atoms with Crippen molar-refractivity contribution in [2.45, 2.75) is 19.4 Å². The van der Waals surface area contributed by atoms with Crippen molar-refractivity contribution in [2.24, 2.45) is 0 Å².